The molecule has 0 radical (unpaired) electrons. The van der Waals surface area contributed by atoms with E-state index in [2.05, 4.69) is 15.3 Å². The van der Waals surface area contributed by atoms with Gasteiger partial charge in [-0.25, -0.2) is 22.6 Å². The van der Waals surface area contributed by atoms with E-state index in [4.69, 9.17) is 9.47 Å². The van der Waals surface area contributed by atoms with Gasteiger partial charge in [0, 0.05) is 37.0 Å². The van der Waals surface area contributed by atoms with Crippen molar-refractivity contribution in [3.8, 4) is 11.3 Å². The maximum absolute atomic E-state index is 13.6. The first-order valence-electron chi connectivity index (χ1n) is 11.4. The minimum atomic E-state index is -1.58. The number of hydrogen-bond donors (Lipinski definition) is 1. The van der Waals surface area contributed by atoms with E-state index in [1.54, 1.807) is 24.3 Å². The van der Waals surface area contributed by atoms with Crippen LogP contribution in [0.25, 0.3) is 11.3 Å². The molecule has 1 saturated heterocycles. The summed E-state index contributed by atoms with van der Waals surface area (Å²) in [5.74, 6) is -4.28. The molecule has 4 rings (SSSR count). The fourth-order valence-corrected chi connectivity index (χ4v) is 3.77. The summed E-state index contributed by atoms with van der Waals surface area (Å²) < 4.78 is 52.2. The van der Waals surface area contributed by atoms with Gasteiger partial charge in [0.15, 0.2) is 17.5 Å². The number of benzene rings is 2. The van der Waals surface area contributed by atoms with E-state index in [0.717, 1.165) is 36.4 Å². The number of anilines is 1. The van der Waals surface area contributed by atoms with Crippen molar-refractivity contribution in [1.82, 2.24) is 14.7 Å². The van der Waals surface area contributed by atoms with Crippen molar-refractivity contribution in [2.45, 2.75) is 13.0 Å². The summed E-state index contributed by atoms with van der Waals surface area (Å²) >= 11 is 0. The van der Waals surface area contributed by atoms with Crippen LogP contribution in [0.1, 0.15) is 12.0 Å². The maximum Gasteiger partial charge on any atom is 0.411 e. The van der Waals surface area contributed by atoms with Crippen molar-refractivity contribution >= 4 is 24.2 Å². The number of nitrogens with one attached hydrogen (secondary N) is 1. The molecule has 1 amide bonds. The van der Waals surface area contributed by atoms with Gasteiger partial charge in [-0.15, -0.1) is 12.4 Å². The van der Waals surface area contributed by atoms with Crippen LogP contribution in [0, 0.1) is 17.5 Å². The Morgan fingerprint density at radius 2 is 1.78 bits per heavy atom. The number of rotatable bonds is 8. The smallest absolute Gasteiger partial charge is 0.411 e. The Bertz CT molecular complexity index is 1260. The van der Waals surface area contributed by atoms with Gasteiger partial charge in [0.1, 0.15) is 0 Å². The van der Waals surface area contributed by atoms with E-state index in [-0.39, 0.29) is 36.8 Å². The van der Waals surface area contributed by atoms with Gasteiger partial charge in [0.05, 0.1) is 32.1 Å². The number of ether oxygens (including phenoxy) is 2. The molecule has 8 nitrogen and oxygen atoms in total. The van der Waals surface area contributed by atoms with Crippen LogP contribution in [0.5, 0.6) is 0 Å². The summed E-state index contributed by atoms with van der Waals surface area (Å²) in [5.41, 5.74) is 0.759. The molecule has 1 fully saturated rings. The largest absolute Gasteiger partial charge is 0.449 e. The quantitative estimate of drug-likeness (QED) is 0.344. The highest BCUT2D eigenvalue weighted by Gasteiger charge is 2.14. The van der Waals surface area contributed by atoms with Gasteiger partial charge in [-0.05, 0) is 42.3 Å². The molecule has 2 heterocycles. The van der Waals surface area contributed by atoms with Gasteiger partial charge in [-0.2, -0.15) is 5.10 Å². The molecule has 0 bridgehead atoms. The number of carbonyl (C=O) groups excluding carboxylic acids is 1. The van der Waals surface area contributed by atoms with Crippen molar-refractivity contribution in [3.05, 3.63) is 81.9 Å². The highest BCUT2D eigenvalue weighted by atomic mass is 35.5. The van der Waals surface area contributed by atoms with Gasteiger partial charge in [-0.3, -0.25) is 15.0 Å². The molecule has 0 saturated carbocycles. The summed E-state index contributed by atoms with van der Waals surface area (Å²) in [6.45, 7) is 4.31. The predicted octanol–water partition coefficient (Wildman–Crippen LogP) is 4.07. The lowest BCUT2D eigenvalue weighted by Crippen LogP contribution is -2.37. The van der Waals surface area contributed by atoms with Crippen LogP contribution < -0.4 is 10.9 Å². The lowest BCUT2D eigenvalue weighted by atomic mass is 10.1. The van der Waals surface area contributed by atoms with E-state index in [1.807, 2.05) is 0 Å². The average Bonchev–Trinajstić information content (AvgIpc) is 2.87. The number of morpholine rings is 1. The summed E-state index contributed by atoms with van der Waals surface area (Å²) in [7, 11) is 0. The van der Waals surface area contributed by atoms with Crippen molar-refractivity contribution in [2.24, 2.45) is 0 Å². The molecule has 1 aliphatic heterocycles. The van der Waals surface area contributed by atoms with Crippen LogP contribution >= 0.6 is 12.4 Å². The van der Waals surface area contributed by atoms with Gasteiger partial charge in [-0.1, -0.05) is 12.1 Å². The van der Waals surface area contributed by atoms with Crippen molar-refractivity contribution in [2.75, 3.05) is 44.8 Å². The molecular weight excluding hydrogens is 513 g/mol. The predicted molar refractivity (Wildman–Crippen MR) is 133 cm³/mol. The van der Waals surface area contributed by atoms with Crippen molar-refractivity contribution in [1.29, 1.82) is 0 Å². The molecular formula is C25H26ClF3N4O4. The lowest BCUT2D eigenvalue weighted by molar-refractivity contribution is 0.0348. The molecule has 0 unspecified atom stereocenters. The molecule has 37 heavy (non-hydrogen) atoms. The molecule has 0 spiro atoms. The van der Waals surface area contributed by atoms with Crippen LogP contribution in [0.2, 0.25) is 0 Å². The van der Waals surface area contributed by atoms with Gasteiger partial charge in [0.25, 0.3) is 5.56 Å². The van der Waals surface area contributed by atoms with E-state index < -0.39 is 29.1 Å². The minimum absolute atomic E-state index is 0. The number of hydrogen-bond acceptors (Lipinski definition) is 6. The standard InChI is InChI=1S/C25H25F3N4O4.ClH/c26-20-14-18(15-21(27)24(20)28)22-5-6-23(33)32(30-22)16-17-3-1-4-19(13-17)29-25(34)36-10-2-7-31-8-11-35-12-9-31;/h1,3-6,13-15H,2,7-12,16H2,(H,29,34);1H. The minimum Gasteiger partial charge on any atom is -0.449 e. The third kappa shape index (κ3) is 7.78. The molecule has 198 valence electrons. The molecule has 1 aliphatic rings. The summed E-state index contributed by atoms with van der Waals surface area (Å²) in [6.07, 6.45) is 0.118. The van der Waals surface area contributed by atoms with Gasteiger partial charge in [0.2, 0.25) is 0 Å². The fraction of sp³-hybridized carbons (Fsp3) is 0.320. The second-order valence-electron chi connectivity index (χ2n) is 8.24. The second-order valence-corrected chi connectivity index (χ2v) is 8.24. The number of nitrogens with zero attached hydrogens (tertiary/aromatic N) is 3. The molecule has 0 atom stereocenters. The first-order chi connectivity index (χ1) is 17.4. The van der Waals surface area contributed by atoms with Gasteiger partial charge < -0.3 is 9.47 Å². The Kier molecular flexibility index (Phi) is 10.1. The third-order valence-corrected chi connectivity index (χ3v) is 5.61. The Hall–Kier alpha value is -3.41. The van der Waals surface area contributed by atoms with E-state index in [1.165, 1.54) is 12.1 Å². The van der Waals surface area contributed by atoms with Crippen LogP contribution in [-0.4, -0.2) is 60.2 Å². The molecule has 1 aromatic heterocycles. The molecule has 2 aromatic carbocycles. The normalized spacial score (nSPS) is 13.6. The summed E-state index contributed by atoms with van der Waals surface area (Å²) in [4.78, 5) is 26.7. The topological polar surface area (TPSA) is 85.7 Å². The van der Waals surface area contributed by atoms with Crippen molar-refractivity contribution < 1.29 is 27.4 Å². The van der Waals surface area contributed by atoms with E-state index in [9.17, 15) is 22.8 Å². The van der Waals surface area contributed by atoms with Crippen LogP contribution in [0.3, 0.4) is 0 Å². The molecule has 1 N–H and O–H groups in total. The SMILES string of the molecule is Cl.O=C(Nc1cccc(Cn2nc(-c3cc(F)c(F)c(F)c3)ccc2=O)c1)OCCCN1CCOCC1. The maximum atomic E-state index is 13.6. The fourth-order valence-electron chi connectivity index (χ4n) is 3.77. The van der Waals surface area contributed by atoms with Crippen molar-refractivity contribution in [3.63, 3.8) is 0 Å². The molecule has 0 aliphatic carbocycles. The second kappa shape index (κ2) is 13.2. The Labute approximate surface area is 217 Å². The Morgan fingerprint density at radius 3 is 2.51 bits per heavy atom. The highest BCUT2D eigenvalue weighted by Crippen LogP contribution is 2.21. The van der Waals surface area contributed by atoms with Crippen LogP contribution in [0.4, 0.5) is 23.7 Å². The molecule has 3 aromatic rings. The van der Waals surface area contributed by atoms with Crippen LogP contribution in [-0.2, 0) is 16.0 Å². The van der Waals surface area contributed by atoms with Crippen LogP contribution in [0.15, 0.2) is 53.3 Å². The van der Waals surface area contributed by atoms with E-state index >= 15 is 0 Å². The van der Waals surface area contributed by atoms with E-state index in [0.29, 0.717) is 30.9 Å². The molecule has 12 heteroatoms. The zero-order chi connectivity index (χ0) is 25.5. The monoisotopic (exact) mass is 538 g/mol. The number of carbonyl (C=O) groups is 1. The first-order valence-corrected chi connectivity index (χ1v) is 11.4. The van der Waals surface area contributed by atoms with Gasteiger partial charge >= 0.3 is 6.09 Å². The third-order valence-electron chi connectivity index (χ3n) is 5.61. The zero-order valence-corrected chi connectivity index (χ0v) is 20.6. The number of amides is 1. The first kappa shape index (κ1) is 28.2. The Balaban J connectivity index is 0.00000380. The number of halogens is 4. The highest BCUT2D eigenvalue weighted by molar-refractivity contribution is 5.85. The number of aromatic nitrogens is 2. The Morgan fingerprint density at radius 1 is 1.05 bits per heavy atom. The average molecular weight is 539 g/mol. The lowest BCUT2D eigenvalue weighted by Gasteiger charge is -2.26. The summed E-state index contributed by atoms with van der Waals surface area (Å²) in [6, 6.07) is 10.9. The summed E-state index contributed by atoms with van der Waals surface area (Å²) in [5, 5.41) is 6.81. The zero-order valence-electron chi connectivity index (χ0n) is 19.8.